The van der Waals surface area contributed by atoms with E-state index in [1.807, 2.05) is 30.5 Å². The van der Waals surface area contributed by atoms with Gasteiger partial charge in [0.05, 0.1) is 5.69 Å². The Morgan fingerprint density at radius 1 is 1.22 bits per heavy atom. The minimum absolute atomic E-state index is 0. The van der Waals surface area contributed by atoms with Crippen LogP contribution in [0, 0.1) is 0 Å². The van der Waals surface area contributed by atoms with Gasteiger partial charge < -0.3 is 5.32 Å². The van der Waals surface area contributed by atoms with Crippen LogP contribution >= 0.6 is 12.4 Å². The Kier molecular flexibility index (Phi) is 4.12. The number of halogens is 1. The zero-order chi connectivity index (χ0) is 14.9. The number of aromatic nitrogens is 5. The largest absolute Gasteiger partial charge is 0.351 e. The highest BCUT2D eigenvalue weighted by Gasteiger charge is 2.18. The molecule has 0 fully saturated rings. The number of carbonyl (C=O) groups is 1. The Morgan fingerprint density at radius 3 is 2.96 bits per heavy atom. The van der Waals surface area contributed by atoms with Crippen molar-refractivity contribution in [1.82, 2.24) is 29.9 Å². The fourth-order valence-electron chi connectivity index (χ4n) is 2.54. The quantitative estimate of drug-likeness (QED) is 0.775. The molecule has 0 atom stereocenters. The molecule has 3 aromatic rings. The first-order valence-corrected chi connectivity index (χ1v) is 7.14. The van der Waals surface area contributed by atoms with E-state index in [2.05, 4.69) is 20.5 Å². The van der Waals surface area contributed by atoms with E-state index in [0.29, 0.717) is 12.2 Å². The van der Waals surface area contributed by atoms with Gasteiger partial charge in [-0.15, -0.1) is 12.4 Å². The molecule has 0 aromatic carbocycles. The molecule has 1 aliphatic heterocycles. The van der Waals surface area contributed by atoms with Crippen LogP contribution in [0.25, 0.3) is 17.1 Å². The maximum Gasteiger partial charge on any atom is 0.269 e. The van der Waals surface area contributed by atoms with Crippen LogP contribution < -0.4 is 5.32 Å². The van der Waals surface area contributed by atoms with Crippen LogP contribution in [0.2, 0.25) is 0 Å². The number of amides is 1. The first kappa shape index (κ1) is 15.2. The van der Waals surface area contributed by atoms with Crippen molar-refractivity contribution in [2.45, 2.75) is 13.0 Å². The van der Waals surface area contributed by atoms with Crippen molar-refractivity contribution >= 4 is 18.3 Å². The van der Waals surface area contributed by atoms with Gasteiger partial charge in [0.2, 0.25) is 0 Å². The smallest absolute Gasteiger partial charge is 0.269 e. The van der Waals surface area contributed by atoms with E-state index in [1.54, 1.807) is 21.8 Å². The lowest BCUT2D eigenvalue weighted by molar-refractivity contribution is 0.0950. The molecule has 3 aromatic heterocycles. The van der Waals surface area contributed by atoms with Gasteiger partial charge in [0.15, 0.2) is 5.82 Å². The molecule has 0 saturated carbocycles. The van der Waals surface area contributed by atoms with Crippen molar-refractivity contribution in [3.8, 4) is 17.1 Å². The highest BCUT2D eigenvalue weighted by atomic mass is 35.5. The highest BCUT2D eigenvalue weighted by molar-refractivity contribution is 5.93. The number of hydrogen-bond acceptors (Lipinski definition) is 4. The summed E-state index contributed by atoms with van der Waals surface area (Å²) in [6, 6.07) is 7.46. The van der Waals surface area contributed by atoms with Crippen molar-refractivity contribution in [2.24, 2.45) is 0 Å². The van der Waals surface area contributed by atoms with Gasteiger partial charge in [0.1, 0.15) is 5.69 Å². The minimum atomic E-state index is -0.0717. The number of rotatable bonds is 2. The molecule has 0 saturated heterocycles. The SMILES string of the molecule is Cl.O=C1NCCCn2nc(-c3ccnc(-n4cccn4)c3)cc21. The van der Waals surface area contributed by atoms with Crippen LogP contribution in [0.3, 0.4) is 0 Å². The summed E-state index contributed by atoms with van der Waals surface area (Å²) in [7, 11) is 0. The van der Waals surface area contributed by atoms with E-state index < -0.39 is 0 Å². The average Bonchev–Trinajstić information content (AvgIpc) is 3.19. The summed E-state index contributed by atoms with van der Waals surface area (Å²) in [5.41, 5.74) is 2.28. The molecular formula is C15H15ClN6O. The number of nitrogens with one attached hydrogen (secondary N) is 1. The zero-order valence-corrected chi connectivity index (χ0v) is 13.0. The standard InChI is InChI=1S/C15H14N6O.ClH/c22-15-13-10-12(19-20(13)7-1-4-17-15)11-3-6-16-14(9-11)21-8-2-5-18-21;/h2-3,5-6,8-10H,1,4,7H2,(H,17,22);1H. The van der Waals surface area contributed by atoms with E-state index in [1.165, 1.54) is 0 Å². The van der Waals surface area contributed by atoms with Crippen LogP contribution in [0.1, 0.15) is 16.9 Å². The van der Waals surface area contributed by atoms with Crippen LogP contribution in [-0.4, -0.2) is 37.0 Å². The van der Waals surface area contributed by atoms with Crippen molar-refractivity contribution in [3.05, 3.63) is 48.5 Å². The number of hydrogen-bond donors (Lipinski definition) is 1. The molecule has 0 spiro atoms. The Morgan fingerprint density at radius 2 is 2.13 bits per heavy atom. The van der Waals surface area contributed by atoms with E-state index >= 15 is 0 Å². The maximum absolute atomic E-state index is 12.0. The molecular weight excluding hydrogens is 316 g/mol. The summed E-state index contributed by atoms with van der Waals surface area (Å²) in [5.74, 6) is 0.646. The Balaban J connectivity index is 0.00000156. The summed E-state index contributed by atoms with van der Waals surface area (Å²) in [6.07, 6.45) is 6.14. The Labute approximate surface area is 138 Å². The van der Waals surface area contributed by atoms with Gasteiger partial charge in [-0.1, -0.05) is 0 Å². The lowest BCUT2D eigenvalue weighted by atomic mass is 10.2. The second-order valence-corrected chi connectivity index (χ2v) is 5.10. The summed E-state index contributed by atoms with van der Waals surface area (Å²) in [5, 5.41) is 11.6. The third-order valence-electron chi connectivity index (χ3n) is 3.63. The minimum Gasteiger partial charge on any atom is -0.351 e. The van der Waals surface area contributed by atoms with Crippen molar-refractivity contribution in [3.63, 3.8) is 0 Å². The third kappa shape index (κ3) is 2.83. The van der Waals surface area contributed by atoms with Gasteiger partial charge in [0.25, 0.3) is 5.91 Å². The van der Waals surface area contributed by atoms with Gasteiger partial charge >= 0.3 is 0 Å². The normalized spacial score (nSPS) is 13.7. The predicted molar refractivity (Wildman–Crippen MR) is 86.8 cm³/mol. The first-order valence-electron chi connectivity index (χ1n) is 7.14. The zero-order valence-electron chi connectivity index (χ0n) is 12.2. The molecule has 4 heterocycles. The van der Waals surface area contributed by atoms with Gasteiger partial charge in [-0.25, -0.2) is 9.67 Å². The van der Waals surface area contributed by atoms with Gasteiger partial charge in [0, 0.05) is 37.2 Å². The summed E-state index contributed by atoms with van der Waals surface area (Å²) < 4.78 is 3.46. The Hall–Kier alpha value is -2.67. The molecule has 23 heavy (non-hydrogen) atoms. The average molecular weight is 331 g/mol. The van der Waals surface area contributed by atoms with Gasteiger partial charge in [-0.05, 0) is 30.7 Å². The molecule has 7 nitrogen and oxygen atoms in total. The van der Waals surface area contributed by atoms with Crippen LogP contribution in [0.4, 0.5) is 0 Å². The second kappa shape index (κ2) is 6.21. The molecule has 118 valence electrons. The van der Waals surface area contributed by atoms with Crippen molar-refractivity contribution in [2.75, 3.05) is 6.54 Å². The Bertz CT molecular complexity index is 826. The monoisotopic (exact) mass is 330 g/mol. The van der Waals surface area contributed by atoms with Crippen molar-refractivity contribution < 1.29 is 4.79 Å². The molecule has 4 rings (SSSR count). The maximum atomic E-state index is 12.0. The van der Waals surface area contributed by atoms with E-state index in [4.69, 9.17) is 0 Å². The summed E-state index contributed by atoms with van der Waals surface area (Å²) in [6.45, 7) is 1.43. The second-order valence-electron chi connectivity index (χ2n) is 5.10. The molecule has 0 aliphatic carbocycles. The van der Waals surface area contributed by atoms with Crippen molar-refractivity contribution in [1.29, 1.82) is 0 Å². The number of fused-ring (bicyclic) bond motifs is 1. The van der Waals surface area contributed by atoms with Crippen LogP contribution in [0.5, 0.6) is 0 Å². The number of carbonyl (C=O) groups excluding carboxylic acids is 1. The fourth-order valence-corrected chi connectivity index (χ4v) is 2.54. The predicted octanol–water partition coefficient (Wildman–Crippen LogP) is 1.69. The summed E-state index contributed by atoms with van der Waals surface area (Å²) >= 11 is 0. The van der Waals surface area contributed by atoms with E-state index in [-0.39, 0.29) is 18.3 Å². The lowest BCUT2D eigenvalue weighted by Gasteiger charge is -2.02. The van der Waals surface area contributed by atoms with Crippen LogP contribution in [0.15, 0.2) is 42.9 Å². The number of aryl methyl sites for hydroxylation is 1. The lowest BCUT2D eigenvalue weighted by Crippen LogP contribution is -2.22. The molecule has 0 bridgehead atoms. The molecule has 1 amide bonds. The fraction of sp³-hybridized carbons (Fsp3) is 0.200. The van der Waals surface area contributed by atoms with E-state index in [9.17, 15) is 4.79 Å². The first-order chi connectivity index (χ1) is 10.8. The van der Waals surface area contributed by atoms with Crippen LogP contribution in [-0.2, 0) is 6.54 Å². The number of nitrogens with zero attached hydrogens (tertiary/aromatic N) is 5. The van der Waals surface area contributed by atoms with Gasteiger partial charge in [-0.2, -0.15) is 10.2 Å². The molecule has 1 N–H and O–H groups in total. The topological polar surface area (TPSA) is 77.6 Å². The molecule has 8 heteroatoms. The van der Waals surface area contributed by atoms with E-state index in [0.717, 1.165) is 30.0 Å². The molecule has 0 unspecified atom stereocenters. The highest BCUT2D eigenvalue weighted by Crippen LogP contribution is 2.21. The third-order valence-corrected chi connectivity index (χ3v) is 3.63. The number of pyridine rings is 1. The molecule has 1 aliphatic rings. The summed E-state index contributed by atoms with van der Waals surface area (Å²) in [4.78, 5) is 16.3. The molecule has 0 radical (unpaired) electrons. The van der Waals surface area contributed by atoms with Gasteiger partial charge in [-0.3, -0.25) is 9.48 Å².